The van der Waals surface area contributed by atoms with Crippen LogP contribution in [-0.4, -0.2) is 28.2 Å². The summed E-state index contributed by atoms with van der Waals surface area (Å²) in [6.45, 7) is 13.1. The fourth-order valence-electron chi connectivity index (χ4n) is 4.54. The van der Waals surface area contributed by atoms with Crippen LogP contribution >= 0.6 is 0 Å². The predicted molar refractivity (Wildman–Crippen MR) is 118 cm³/mol. The maximum atomic E-state index is 12.4. The lowest BCUT2D eigenvalue weighted by molar-refractivity contribution is -0.318. The molecule has 1 heterocycles. The number of unbranched alkanes of at least 4 members (excludes halogenated alkanes) is 3. The number of esters is 1. The van der Waals surface area contributed by atoms with Crippen molar-refractivity contribution in [2.45, 2.75) is 116 Å². The van der Waals surface area contributed by atoms with E-state index in [0.29, 0.717) is 6.42 Å². The van der Waals surface area contributed by atoms with Gasteiger partial charge in [0.2, 0.25) is 0 Å². The van der Waals surface area contributed by atoms with Gasteiger partial charge in [0.05, 0.1) is 0 Å². The number of carbonyl (C=O) groups is 1. The van der Waals surface area contributed by atoms with Crippen LogP contribution in [0.4, 0.5) is 0 Å². The van der Waals surface area contributed by atoms with Crippen LogP contribution in [0.3, 0.4) is 0 Å². The van der Waals surface area contributed by atoms with Crippen LogP contribution in [0, 0.1) is 0 Å². The van der Waals surface area contributed by atoms with Crippen molar-refractivity contribution < 1.29 is 14.4 Å². The lowest BCUT2D eigenvalue weighted by Gasteiger charge is -2.55. The SMILES string of the molecule is CCCCCCC(=O)OC1CC(C)(C)N(OC(C)c2ccccc2)C(C)(CC)C1. The van der Waals surface area contributed by atoms with Crippen LogP contribution in [0.5, 0.6) is 0 Å². The first-order valence-electron chi connectivity index (χ1n) is 11.4. The van der Waals surface area contributed by atoms with Crippen molar-refractivity contribution in [1.29, 1.82) is 0 Å². The number of hydrogen-bond donors (Lipinski definition) is 0. The third kappa shape index (κ3) is 6.55. The normalized spacial score (nSPS) is 25.5. The molecule has 164 valence electrons. The van der Waals surface area contributed by atoms with Crippen molar-refractivity contribution in [3.8, 4) is 0 Å². The molecule has 0 amide bonds. The van der Waals surface area contributed by atoms with Gasteiger partial charge in [0.1, 0.15) is 12.2 Å². The van der Waals surface area contributed by atoms with Crippen molar-refractivity contribution in [2.75, 3.05) is 0 Å². The Morgan fingerprint density at radius 3 is 2.41 bits per heavy atom. The van der Waals surface area contributed by atoms with Crippen molar-refractivity contribution in [1.82, 2.24) is 5.06 Å². The summed E-state index contributed by atoms with van der Waals surface area (Å²) in [5.41, 5.74) is 0.763. The fourth-order valence-corrected chi connectivity index (χ4v) is 4.54. The molecule has 3 unspecified atom stereocenters. The minimum atomic E-state index is -0.223. The Labute approximate surface area is 177 Å². The van der Waals surface area contributed by atoms with Crippen LogP contribution < -0.4 is 0 Å². The minimum absolute atomic E-state index is 0.0287. The number of benzene rings is 1. The Balaban J connectivity index is 2.04. The monoisotopic (exact) mass is 403 g/mol. The van der Waals surface area contributed by atoms with E-state index in [0.717, 1.165) is 32.1 Å². The zero-order valence-corrected chi connectivity index (χ0v) is 19.4. The van der Waals surface area contributed by atoms with Gasteiger partial charge in [-0.05, 0) is 46.1 Å². The number of ether oxygens (including phenoxy) is 1. The molecular weight excluding hydrogens is 362 g/mol. The van der Waals surface area contributed by atoms with Crippen molar-refractivity contribution in [3.63, 3.8) is 0 Å². The van der Waals surface area contributed by atoms with E-state index in [-0.39, 0.29) is 29.3 Å². The molecule has 29 heavy (non-hydrogen) atoms. The van der Waals surface area contributed by atoms with Crippen molar-refractivity contribution in [2.24, 2.45) is 0 Å². The smallest absolute Gasteiger partial charge is 0.306 e. The molecule has 1 saturated heterocycles. The molecule has 0 N–H and O–H groups in total. The first-order valence-corrected chi connectivity index (χ1v) is 11.4. The predicted octanol–water partition coefficient (Wildman–Crippen LogP) is 6.60. The van der Waals surface area contributed by atoms with Crippen LogP contribution in [0.1, 0.15) is 105 Å². The Hall–Kier alpha value is -1.39. The van der Waals surface area contributed by atoms with Crippen molar-refractivity contribution >= 4 is 5.97 Å². The standard InChI is InChI=1S/C25H41NO3/c1-7-9-10-14-17-23(27)28-22-18-24(4,5)26(25(6,8-2)19-22)29-20(3)21-15-12-11-13-16-21/h11-13,15-16,20,22H,7-10,14,17-19H2,1-6H3. The second kappa shape index (κ2) is 10.6. The number of nitrogens with zero attached hydrogens (tertiary/aromatic N) is 1. The van der Waals surface area contributed by atoms with Crippen LogP contribution in [0.25, 0.3) is 0 Å². The van der Waals surface area contributed by atoms with E-state index in [1.54, 1.807) is 0 Å². The molecule has 2 rings (SSSR count). The number of piperidine rings is 1. The maximum Gasteiger partial charge on any atom is 0.306 e. The highest BCUT2D eigenvalue weighted by Gasteiger charge is 2.49. The zero-order chi connectivity index (χ0) is 21.5. The largest absolute Gasteiger partial charge is 0.462 e. The first-order chi connectivity index (χ1) is 13.7. The summed E-state index contributed by atoms with van der Waals surface area (Å²) < 4.78 is 5.92. The van der Waals surface area contributed by atoms with Gasteiger partial charge in [0.15, 0.2) is 0 Å². The van der Waals surface area contributed by atoms with Crippen LogP contribution in [0.2, 0.25) is 0 Å². The summed E-state index contributed by atoms with van der Waals surface area (Å²) in [4.78, 5) is 18.9. The Morgan fingerprint density at radius 1 is 1.10 bits per heavy atom. The topological polar surface area (TPSA) is 38.8 Å². The van der Waals surface area contributed by atoms with E-state index in [2.05, 4.69) is 58.7 Å². The second-order valence-corrected chi connectivity index (χ2v) is 9.45. The third-order valence-electron chi connectivity index (χ3n) is 6.26. The zero-order valence-electron chi connectivity index (χ0n) is 19.4. The summed E-state index contributed by atoms with van der Waals surface area (Å²) in [6, 6.07) is 10.3. The van der Waals surface area contributed by atoms with Crippen LogP contribution in [0.15, 0.2) is 30.3 Å². The van der Waals surface area contributed by atoms with E-state index >= 15 is 0 Å². The van der Waals surface area contributed by atoms with Gasteiger partial charge in [-0.1, -0.05) is 63.4 Å². The molecule has 1 aromatic rings. The number of hydrogen-bond acceptors (Lipinski definition) is 4. The molecule has 4 nitrogen and oxygen atoms in total. The van der Waals surface area contributed by atoms with E-state index in [4.69, 9.17) is 9.57 Å². The summed E-state index contributed by atoms with van der Waals surface area (Å²) in [6.07, 6.45) is 7.36. The molecule has 1 aliphatic heterocycles. The fraction of sp³-hybridized carbons (Fsp3) is 0.720. The lowest BCUT2D eigenvalue weighted by atomic mass is 9.77. The van der Waals surface area contributed by atoms with E-state index in [1.807, 2.05) is 18.2 Å². The Morgan fingerprint density at radius 2 is 1.79 bits per heavy atom. The molecule has 0 spiro atoms. The minimum Gasteiger partial charge on any atom is -0.462 e. The molecule has 4 heteroatoms. The lowest BCUT2D eigenvalue weighted by Crippen LogP contribution is -2.63. The van der Waals surface area contributed by atoms with E-state index in [9.17, 15) is 4.79 Å². The number of carbonyl (C=O) groups excluding carboxylic acids is 1. The first kappa shape index (κ1) is 23.9. The quantitative estimate of drug-likeness (QED) is 0.326. The molecule has 0 saturated carbocycles. The number of hydroxylamine groups is 2. The maximum absolute atomic E-state index is 12.4. The Kier molecular flexibility index (Phi) is 8.72. The van der Waals surface area contributed by atoms with Gasteiger partial charge in [-0.15, -0.1) is 0 Å². The van der Waals surface area contributed by atoms with Crippen molar-refractivity contribution in [3.05, 3.63) is 35.9 Å². The molecule has 0 aliphatic carbocycles. The summed E-state index contributed by atoms with van der Waals surface area (Å²) >= 11 is 0. The van der Waals surface area contributed by atoms with Gasteiger partial charge in [0, 0.05) is 30.3 Å². The van der Waals surface area contributed by atoms with E-state index in [1.165, 1.54) is 18.4 Å². The average Bonchev–Trinajstić information content (AvgIpc) is 2.68. The molecule has 3 atom stereocenters. The summed E-state index contributed by atoms with van der Waals surface area (Å²) in [5.74, 6) is -0.0487. The van der Waals surface area contributed by atoms with E-state index < -0.39 is 0 Å². The molecule has 1 aromatic carbocycles. The third-order valence-corrected chi connectivity index (χ3v) is 6.26. The highest BCUT2D eigenvalue weighted by Crippen LogP contribution is 2.43. The van der Waals surface area contributed by atoms with Gasteiger partial charge in [-0.2, -0.15) is 5.06 Å². The Bertz CT molecular complexity index is 630. The van der Waals surface area contributed by atoms with Gasteiger partial charge in [-0.25, -0.2) is 0 Å². The summed E-state index contributed by atoms with van der Waals surface area (Å²) in [7, 11) is 0. The van der Waals surface area contributed by atoms with Gasteiger partial charge in [0.25, 0.3) is 0 Å². The molecular formula is C25H41NO3. The molecule has 0 radical (unpaired) electrons. The highest BCUT2D eigenvalue weighted by molar-refractivity contribution is 5.69. The van der Waals surface area contributed by atoms with Gasteiger partial charge in [-0.3, -0.25) is 9.63 Å². The second-order valence-electron chi connectivity index (χ2n) is 9.45. The summed E-state index contributed by atoms with van der Waals surface area (Å²) in [5, 5.41) is 2.18. The molecule has 0 bridgehead atoms. The highest BCUT2D eigenvalue weighted by atomic mass is 16.7. The van der Waals surface area contributed by atoms with Gasteiger partial charge >= 0.3 is 5.97 Å². The number of rotatable bonds is 10. The molecule has 1 aliphatic rings. The average molecular weight is 404 g/mol. The molecule has 1 fully saturated rings. The van der Waals surface area contributed by atoms with Gasteiger partial charge < -0.3 is 4.74 Å². The van der Waals surface area contributed by atoms with Crippen LogP contribution in [-0.2, 0) is 14.4 Å². The molecule has 0 aromatic heterocycles.